The normalized spacial score (nSPS) is 11.8. The van der Waals surface area contributed by atoms with Gasteiger partial charge in [-0.15, -0.1) is 0 Å². The molecule has 1 atom stereocenters. The van der Waals surface area contributed by atoms with Gasteiger partial charge in [0.05, 0.1) is 18.3 Å². The summed E-state index contributed by atoms with van der Waals surface area (Å²) in [5.41, 5.74) is 3.71. The Morgan fingerprint density at radius 2 is 1.15 bits per heavy atom. The van der Waals surface area contributed by atoms with Gasteiger partial charge in [0.2, 0.25) is 0 Å². The van der Waals surface area contributed by atoms with E-state index < -0.39 is 0 Å². The Morgan fingerprint density at radius 3 is 1.77 bits per heavy atom. The van der Waals surface area contributed by atoms with E-state index in [0.29, 0.717) is 11.3 Å². The maximum absolute atomic E-state index is 12.7. The summed E-state index contributed by atoms with van der Waals surface area (Å²) < 4.78 is 17.3. The number of benzene rings is 3. The molecule has 1 unspecified atom stereocenters. The molecule has 210 valence electrons. The van der Waals surface area contributed by atoms with Gasteiger partial charge in [-0.05, 0) is 72.9 Å². The molecular weight excluding hydrogens is 484 g/mol. The maximum atomic E-state index is 12.7. The molecule has 0 bridgehead atoms. The molecule has 0 aromatic heterocycles. The Balaban J connectivity index is 1.42. The van der Waals surface area contributed by atoms with Crippen LogP contribution in [-0.4, -0.2) is 19.2 Å². The number of hydrogen-bond acceptors (Lipinski definition) is 4. The minimum Gasteiger partial charge on any atom is -0.494 e. The molecule has 0 saturated carbocycles. The Bertz CT molecular complexity index is 1070. The third-order valence-corrected chi connectivity index (χ3v) is 7.00. The van der Waals surface area contributed by atoms with E-state index in [-0.39, 0.29) is 12.1 Å². The van der Waals surface area contributed by atoms with Gasteiger partial charge in [-0.25, -0.2) is 4.79 Å². The zero-order chi connectivity index (χ0) is 27.7. The Morgan fingerprint density at radius 1 is 0.615 bits per heavy atom. The second-order valence-electron chi connectivity index (χ2n) is 10.3. The first-order chi connectivity index (χ1) is 19.1. The lowest BCUT2D eigenvalue weighted by molar-refractivity contribution is 0.0636. The van der Waals surface area contributed by atoms with E-state index in [1.165, 1.54) is 44.9 Å². The molecule has 0 saturated heterocycles. The number of carbonyl (C=O) groups is 1. The van der Waals surface area contributed by atoms with Crippen molar-refractivity contribution in [3.05, 3.63) is 83.9 Å². The predicted molar refractivity (Wildman–Crippen MR) is 161 cm³/mol. The summed E-state index contributed by atoms with van der Waals surface area (Å²) in [6.45, 7) is 7.96. The van der Waals surface area contributed by atoms with Gasteiger partial charge in [0.15, 0.2) is 0 Å². The largest absolute Gasteiger partial charge is 0.494 e. The lowest BCUT2D eigenvalue weighted by Crippen LogP contribution is -2.08. The van der Waals surface area contributed by atoms with Crippen LogP contribution in [0, 0.1) is 0 Å². The van der Waals surface area contributed by atoms with Crippen molar-refractivity contribution >= 4 is 5.97 Å². The minimum atomic E-state index is -0.369. The summed E-state index contributed by atoms with van der Waals surface area (Å²) in [6, 6.07) is 23.2. The number of rotatable bonds is 18. The van der Waals surface area contributed by atoms with Crippen LogP contribution in [0.2, 0.25) is 0 Å². The van der Waals surface area contributed by atoms with Crippen molar-refractivity contribution in [3.63, 3.8) is 0 Å². The Kier molecular flexibility index (Phi) is 13.6. The van der Waals surface area contributed by atoms with E-state index in [1.807, 2.05) is 67.6 Å². The van der Waals surface area contributed by atoms with Crippen molar-refractivity contribution < 1.29 is 19.0 Å². The molecule has 0 heterocycles. The third kappa shape index (κ3) is 10.9. The first-order valence-corrected chi connectivity index (χ1v) is 14.9. The highest BCUT2D eigenvalue weighted by atomic mass is 16.5. The molecular formula is C35H46O4. The highest BCUT2D eigenvalue weighted by Crippen LogP contribution is 2.25. The fourth-order valence-corrected chi connectivity index (χ4v) is 4.44. The molecule has 0 aliphatic heterocycles. The van der Waals surface area contributed by atoms with Crippen molar-refractivity contribution in [2.75, 3.05) is 13.2 Å². The topological polar surface area (TPSA) is 44.8 Å². The van der Waals surface area contributed by atoms with Crippen LogP contribution in [-0.2, 0) is 4.74 Å². The second-order valence-corrected chi connectivity index (χ2v) is 10.3. The van der Waals surface area contributed by atoms with Crippen molar-refractivity contribution in [1.82, 2.24) is 0 Å². The molecule has 0 aliphatic rings. The van der Waals surface area contributed by atoms with Crippen LogP contribution in [0.3, 0.4) is 0 Å². The summed E-state index contributed by atoms with van der Waals surface area (Å²) in [6.07, 6.45) is 12.6. The van der Waals surface area contributed by atoms with Crippen LogP contribution < -0.4 is 9.47 Å². The number of unbranched alkanes of at least 4 members (excludes halogenated alkanes) is 8. The van der Waals surface area contributed by atoms with Gasteiger partial charge in [0.1, 0.15) is 11.5 Å². The SMILES string of the molecule is CCCCCCCCCCOc1ccc(-c2ccc(C(=O)Oc3ccc(C(C)OCCCC)cc3)cc2)cc1. The molecule has 0 fully saturated rings. The van der Waals surface area contributed by atoms with Gasteiger partial charge in [-0.1, -0.05) is 102 Å². The molecule has 39 heavy (non-hydrogen) atoms. The quantitative estimate of drug-likeness (QED) is 0.0932. The molecule has 4 heteroatoms. The summed E-state index contributed by atoms with van der Waals surface area (Å²) in [5.74, 6) is 1.05. The highest BCUT2D eigenvalue weighted by Gasteiger charge is 2.11. The molecule has 0 radical (unpaired) electrons. The van der Waals surface area contributed by atoms with Crippen LogP contribution in [0.1, 0.15) is 107 Å². The average Bonchev–Trinajstić information content (AvgIpc) is 2.97. The monoisotopic (exact) mass is 530 g/mol. The van der Waals surface area contributed by atoms with Gasteiger partial charge < -0.3 is 14.2 Å². The zero-order valence-electron chi connectivity index (χ0n) is 24.1. The molecule has 3 aromatic rings. The average molecular weight is 531 g/mol. The third-order valence-electron chi connectivity index (χ3n) is 7.00. The van der Waals surface area contributed by atoms with Crippen LogP contribution in [0.25, 0.3) is 11.1 Å². The summed E-state index contributed by atoms with van der Waals surface area (Å²) >= 11 is 0. The van der Waals surface area contributed by atoms with Crippen LogP contribution in [0.15, 0.2) is 72.8 Å². The van der Waals surface area contributed by atoms with E-state index in [4.69, 9.17) is 14.2 Å². The van der Waals surface area contributed by atoms with Crippen molar-refractivity contribution in [2.24, 2.45) is 0 Å². The minimum absolute atomic E-state index is 0.0179. The Hall–Kier alpha value is -3.11. The van der Waals surface area contributed by atoms with E-state index in [1.54, 1.807) is 0 Å². The lowest BCUT2D eigenvalue weighted by Gasteiger charge is -2.13. The summed E-state index contributed by atoms with van der Waals surface area (Å²) in [7, 11) is 0. The van der Waals surface area contributed by atoms with Crippen LogP contribution >= 0.6 is 0 Å². The molecule has 0 spiro atoms. The summed E-state index contributed by atoms with van der Waals surface area (Å²) in [5, 5.41) is 0. The van der Waals surface area contributed by atoms with Gasteiger partial charge in [-0.2, -0.15) is 0 Å². The predicted octanol–water partition coefficient (Wildman–Crippen LogP) is 9.97. The summed E-state index contributed by atoms with van der Waals surface area (Å²) in [4.78, 5) is 12.7. The number of ether oxygens (including phenoxy) is 3. The molecule has 0 N–H and O–H groups in total. The maximum Gasteiger partial charge on any atom is 0.343 e. The fourth-order valence-electron chi connectivity index (χ4n) is 4.44. The van der Waals surface area contributed by atoms with Crippen molar-refractivity contribution in [3.8, 4) is 22.6 Å². The molecule has 3 aromatic carbocycles. The second kappa shape index (κ2) is 17.5. The molecule has 4 nitrogen and oxygen atoms in total. The van der Waals surface area contributed by atoms with Crippen LogP contribution in [0.5, 0.6) is 11.5 Å². The number of carbonyl (C=O) groups excluding carboxylic acids is 1. The zero-order valence-corrected chi connectivity index (χ0v) is 24.1. The van der Waals surface area contributed by atoms with Gasteiger partial charge in [-0.3, -0.25) is 0 Å². The first-order valence-electron chi connectivity index (χ1n) is 14.9. The van der Waals surface area contributed by atoms with Gasteiger partial charge >= 0.3 is 5.97 Å². The van der Waals surface area contributed by atoms with E-state index in [0.717, 1.165) is 54.9 Å². The van der Waals surface area contributed by atoms with Gasteiger partial charge in [0.25, 0.3) is 0 Å². The first kappa shape index (κ1) is 30.4. The van der Waals surface area contributed by atoms with E-state index in [9.17, 15) is 4.79 Å². The fraction of sp³-hybridized carbons (Fsp3) is 0.457. The van der Waals surface area contributed by atoms with Crippen molar-refractivity contribution in [1.29, 1.82) is 0 Å². The number of hydrogen-bond donors (Lipinski definition) is 0. The van der Waals surface area contributed by atoms with Crippen molar-refractivity contribution in [2.45, 2.75) is 91.1 Å². The van der Waals surface area contributed by atoms with Gasteiger partial charge in [0, 0.05) is 6.61 Å². The smallest absolute Gasteiger partial charge is 0.343 e. The van der Waals surface area contributed by atoms with E-state index >= 15 is 0 Å². The van der Waals surface area contributed by atoms with Crippen LogP contribution in [0.4, 0.5) is 0 Å². The molecule has 0 aliphatic carbocycles. The molecule has 0 amide bonds. The molecule has 3 rings (SSSR count). The lowest BCUT2D eigenvalue weighted by atomic mass is 10.0. The van der Waals surface area contributed by atoms with E-state index in [2.05, 4.69) is 26.0 Å². The Labute approximate surface area is 235 Å². The standard InChI is InChI=1S/C35H46O4/c1-4-6-8-9-10-11-12-13-27-38-33-22-20-31(21-23-33)30-14-16-32(17-15-30)35(36)39-34-24-18-29(19-25-34)28(3)37-26-7-5-2/h14-25,28H,4-13,26-27H2,1-3H3. The number of esters is 1. The highest BCUT2D eigenvalue weighted by molar-refractivity contribution is 5.91.